The first kappa shape index (κ1) is 32.1. The molecule has 210 valence electrons. The van der Waals surface area contributed by atoms with Gasteiger partial charge in [0.15, 0.2) is 10.1 Å². The molecular formula is C18H13F10O8S-. The Morgan fingerprint density at radius 2 is 1.43 bits per heavy atom. The Bertz CT molecular complexity index is 1100. The number of hydrogen-bond donors (Lipinski definition) is 0. The minimum atomic E-state index is -6.95. The monoisotopic (exact) mass is 579 g/mol. The molecule has 0 radical (unpaired) electrons. The summed E-state index contributed by atoms with van der Waals surface area (Å²) in [4.78, 5) is 24.0. The number of halogens is 10. The standard InChI is InChI=1S/C18H14F10O8S/c1-10(16(21,22)23)12(29)36-15(17(24,25)26,13(30)35-11-6-3-2-4-7-11)34-9-5-8-14(19,20)18(27,28)37(31,32)33/h2-4,6-7H,1,5,8-9H2,(H,31,32,33)/p-1. The molecule has 0 spiro atoms. The Balaban J connectivity index is 3.33. The summed E-state index contributed by atoms with van der Waals surface area (Å²) in [5.74, 6) is -17.1. The van der Waals surface area contributed by atoms with Crippen molar-refractivity contribution >= 4 is 22.1 Å². The fourth-order valence-corrected chi connectivity index (χ4v) is 2.66. The van der Waals surface area contributed by atoms with Crippen LogP contribution in [0.5, 0.6) is 5.75 Å². The van der Waals surface area contributed by atoms with Crippen molar-refractivity contribution in [1.82, 2.24) is 0 Å². The molecule has 0 aromatic heterocycles. The Morgan fingerprint density at radius 3 is 1.86 bits per heavy atom. The van der Waals surface area contributed by atoms with Gasteiger partial charge in [0.25, 0.3) is 0 Å². The van der Waals surface area contributed by atoms with E-state index in [0.717, 1.165) is 24.3 Å². The summed E-state index contributed by atoms with van der Waals surface area (Å²) in [6.45, 7) is 0.282. The predicted octanol–water partition coefficient (Wildman–Crippen LogP) is 4.08. The molecule has 8 nitrogen and oxygen atoms in total. The van der Waals surface area contributed by atoms with E-state index in [1.165, 1.54) is 6.07 Å². The molecule has 0 fully saturated rings. The Morgan fingerprint density at radius 1 is 0.919 bits per heavy atom. The van der Waals surface area contributed by atoms with Crippen molar-refractivity contribution < 1.29 is 80.7 Å². The highest BCUT2D eigenvalue weighted by atomic mass is 32.2. The van der Waals surface area contributed by atoms with Crippen molar-refractivity contribution in [3.63, 3.8) is 0 Å². The largest absolute Gasteiger partial charge is 0.743 e. The summed E-state index contributed by atoms with van der Waals surface area (Å²) in [6, 6.07) is 5.24. The number of hydrogen-bond acceptors (Lipinski definition) is 8. The van der Waals surface area contributed by atoms with Crippen molar-refractivity contribution in [3.8, 4) is 5.75 Å². The topological polar surface area (TPSA) is 119 Å². The van der Waals surface area contributed by atoms with E-state index in [2.05, 4.69) is 20.8 Å². The molecule has 1 aromatic carbocycles. The first-order valence-corrected chi connectivity index (χ1v) is 10.6. The zero-order chi connectivity index (χ0) is 29.1. The van der Waals surface area contributed by atoms with Crippen LogP contribution in [0.1, 0.15) is 12.8 Å². The van der Waals surface area contributed by atoms with Crippen molar-refractivity contribution in [2.75, 3.05) is 6.61 Å². The van der Waals surface area contributed by atoms with E-state index in [4.69, 9.17) is 0 Å². The van der Waals surface area contributed by atoms with Gasteiger partial charge < -0.3 is 18.8 Å². The van der Waals surface area contributed by atoms with Crippen LogP contribution in [0.2, 0.25) is 0 Å². The number of esters is 2. The molecule has 0 bridgehead atoms. The number of rotatable bonds is 11. The number of ether oxygens (including phenoxy) is 3. The third kappa shape index (κ3) is 7.31. The van der Waals surface area contributed by atoms with E-state index in [9.17, 15) is 66.5 Å². The fraction of sp³-hybridized carbons (Fsp3) is 0.444. The molecule has 1 rings (SSSR count). The molecule has 0 aliphatic rings. The molecule has 0 N–H and O–H groups in total. The zero-order valence-electron chi connectivity index (χ0n) is 17.7. The summed E-state index contributed by atoms with van der Waals surface area (Å²) < 4.78 is 176. The lowest BCUT2D eigenvalue weighted by Crippen LogP contribution is -2.59. The number of carbonyl (C=O) groups excluding carboxylic acids is 2. The third-order valence-electron chi connectivity index (χ3n) is 4.10. The van der Waals surface area contributed by atoms with Gasteiger partial charge >= 0.3 is 41.3 Å². The van der Waals surface area contributed by atoms with Gasteiger partial charge in [-0.15, -0.1) is 0 Å². The molecule has 0 saturated carbocycles. The van der Waals surface area contributed by atoms with E-state index in [1.807, 2.05) is 0 Å². The summed E-state index contributed by atoms with van der Waals surface area (Å²) in [5, 5.41) is -6.22. The minimum Gasteiger partial charge on any atom is -0.743 e. The first-order valence-electron chi connectivity index (χ1n) is 9.18. The van der Waals surface area contributed by atoms with Crippen LogP contribution in [0.3, 0.4) is 0 Å². The molecule has 19 heteroatoms. The van der Waals surface area contributed by atoms with Crippen molar-refractivity contribution in [2.45, 2.75) is 42.2 Å². The maximum absolute atomic E-state index is 13.9. The molecule has 0 saturated heterocycles. The molecule has 1 atom stereocenters. The van der Waals surface area contributed by atoms with Gasteiger partial charge in [0.05, 0.1) is 6.61 Å². The molecule has 37 heavy (non-hydrogen) atoms. The highest BCUT2D eigenvalue weighted by Crippen LogP contribution is 2.42. The van der Waals surface area contributed by atoms with Gasteiger partial charge in [-0.2, -0.15) is 43.9 Å². The summed E-state index contributed by atoms with van der Waals surface area (Å²) in [7, 11) is -6.95. The van der Waals surface area contributed by atoms with Gasteiger partial charge in [-0.25, -0.2) is 18.0 Å². The molecule has 1 unspecified atom stereocenters. The van der Waals surface area contributed by atoms with Crippen LogP contribution in [0.25, 0.3) is 0 Å². The summed E-state index contributed by atoms with van der Waals surface area (Å²) in [5.41, 5.74) is -2.57. The normalized spacial score (nSPS) is 15.0. The van der Waals surface area contributed by atoms with Gasteiger partial charge in [-0.3, -0.25) is 0 Å². The molecular weight excluding hydrogens is 566 g/mol. The number of benzene rings is 1. The molecule has 0 amide bonds. The molecule has 0 aliphatic heterocycles. The van der Waals surface area contributed by atoms with Crippen LogP contribution >= 0.6 is 0 Å². The average Bonchev–Trinajstić information content (AvgIpc) is 2.73. The van der Waals surface area contributed by atoms with Gasteiger partial charge in [0, 0.05) is 6.42 Å². The van der Waals surface area contributed by atoms with Crippen LogP contribution < -0.4 is 4.74 Å². The van der Waals surface area contributed by atoms with Crippen LogP contribution in [-0.2, 0) is 29.2 Å². The maximum atomic E-state index is 13.9. The second-order valence-electron chi connectivity index (χ2n) is 6.81. The average molecular weight is 579 g/mol. The highest BCUT2D eigenvalue weighted by molar-refractivity contribution is 7.86. The molecule has 1 aromatic rings. The lowest BCUT2D eigenvalue weighted by molar-refractivity contribution is -0.353. The van der Waals surface area contributed by atoms with E-state index in [-0.39, 0.29) is 0 Å². The van der Waals surface area contributed by atoms with Gasteiger partial charge in [-0.1, -0.05) is 24.8 Å². The minimum absolute atomic E-state index is 0.692. The maximum Gasteiger partial charge on any atom is 0.468 e. The predicted molar refractivity (Wildman–Crippen MR) is 96.9 cm³/mol. The van der Waals surface area contributed by atoms with Crippen molar-refractivity contribution in [2.24, 2.45) is 0 Å². The van der Waals surface area contributed by atoms with Crippen LogP contribution in [0.4, 0.5) is 43.9 Å². The van der Waals surface area contributed by atoms with E-state index in [0.29, 0.717) is 0 Å². The van der Waals surface area contributed by atoms with E-state index < -0.39 is 82.1 Å². The van der Waals surface area contributed by atoms with Crippen LogP contribution in [-0.4, -0.2) is 60.8 Å². The van der Waals surface area contributed by atoms with E-state index in [1.54, 1.807) is 0 Å². The third-order valence-corrected chi connectivity index (χ3v) is 5.03. The number of carbonyl (C=O) groups is 2. The Hall–Kier alpha value is -2.93. The smallest absolute Gasteiger partial charge is 0.468 e. The Kier molecular flexibility index (Phi) is 9.39. The second kappa shape index (κ2) is 10.8. The first-order chi connectivity index (χ1) is 16.5. The number of alkyl halides is 10. The lowest BCUT2D eigenvalue weighted by atomic mass is 10.2. The SMILES string of the molecule is C=C(C(=O)OC(OCCCC(F)(F)C(F)(F)S(=O)(=O)[O-])(C(=O)Oc1ccccc1)C(F)(F)F)C(F)(F)F. The quantitative estimate of drug-likeness (QED) is 0.0732. The van der Waals surface area contributed by atoms with Crippen molar-refractivity contribution in [1.29, 1.82) is 0 Å². The van der Waals surface area contributed by atoms with Crippen LogP contribution in [0, 0.1) is 0 Å². The molecule has 0 heterocycles. The number of para-hydroxylation sites is 1. The van der Waals surface area contributed by atoms with Crippen LogP contribution in [0.15, 0.2) is 42.5 Å². The highest BCUT2D eigenvalue weighted by Gasteiger charge is 2.69. The van der Waals surface area contributed by atoms with Crippen molar-refractivity contribution in [3.05, 3.63) is 42.5 Å². The summed E-state index contributed by atoms with van der Waals surface area (Å²) >= 11 is 0. The Labute approximate surface area is 200 Å². The molecule has 0 aliphatic carbocycles. The second-order valence-corrected chi connectivity index (χ2v) is 8.23. The van der Waals surface area contributed by atoms with Gasteiger partial charge in [-0.05, 0) is 18.6 Å². The zero-order valence-corrected chi connectivity index (χ0v) is 18.5. The summed E-state index contributed by atoms with van der Waals surface area (Å²) in [6.07, 6.45) is -16.0. The lowest BCUT2D eigenvalue weighted by Gasteiger charge is -2.33. The van der Waals surface area contributed by atoms with E-state index >= 15 is 0 Å². The fourth-order valence-electron chi connectivity index (χ4n) is 2.19. The van der Waals surface area contributed by atoms with Gasteiger partial charge in [0.2, 0.25) is 0 Å². The van der Waals surface area contributed by atoms with Gasteiger partial charge in [0.1, 0.15) is 11.3 Å².